The zero-order valence-electron chi connectivity index (χ0n) is 17.4. The molecule has 2 heterocycles. The largest absolute Gasteiger partial charge is 0.455 e. The van der Waals surface area contributed by atoms with Gasteiger partial charge >= 0.3 is 5.97 Å². The molecule has 10 heteroatoms. The van der Waals surface area contributed by atoms with Gasteiger partial charge in [0.05, 0.1) is 10.8 Å². The Hall–Kier alpha value is -2.75. The highest BCUT2D eigenvalue weighted by molar-refractivity contribution is 7.89. The molecule has 0 bridgehead atoms. The van der Waals surface area contributed by atoms with Crippen LogP contribution in [0, 0.1) is 12.8 Å². The Morgan fingerprint density at radius 3 is 2.62 bits per heavy atom. The summed E-state index contributed by atoms with van der Waals surface area (Å²) in [6.45, 7) is 2.22. The molecule has 3 aromatic rings. The quantitative estimate of drug-likeness (QED) is 0.499. The number of esters is 1. The van der Waals surface area contributed by atoms with Crippen molar-refractivity contribution in [2.45, 2.75) is 31.3 Å². The second kappa shape index (κ2) is 9.40. The van der Waals surface area contributed by atoms with Crippen LogP contribution in [-0.2, 0) is 26.2 Å². The third-order valence-corrected chi connectivity index (χ3v) is 7.42. The second-order valence-corrected chi connectivity index (χ2v) is 10.0. The van der Waals surface area contributed by atoms with Gasteiger partial charge in [-0.15, -0.1) is 0 Å². The van der Waals surface area contributed by atoms with Gasteiger partial charge in [0.25, 0.3) is 5.89 Å². The molecule has 1 fully saturated rings. The summed E-state index contributed by atoms with van der Waals surface area (Å²) in [6.07, 6.45) is 1.11. The number of sulfonamides is 1. The smallest absolute Gasteiger partial charge is 0.310 e. The fraction of sp³-hybridized carbons (Fsp3) is 0.318. The fourth-order valence-corrected chi connectivity index (χ4v) is 5.14. The van der Waals surface area contributed by atoms with Gasteiger partial charge < -0.3 is 9.26 Å². The summed E-state index contributed by atoms with van der Waals surface area (Å²) in [5.41, 5.74) is 1.92. The van der Waals surface area contributed by atoms with Crippen molar-refractivity contribution < 1.29 is 22.5 Å². The first-order valence-corrected chi connectivity index (χ1v) is 12.0. The topological polar surface area (TPSA) is 103 Å². The number of aryl methyl sites for hydroxylation is 1. The van der Waals surface area contributed by atoms with E-state index in [9.17, 15) is 13.2 Å². The van der Waals surface area contributed by atoms with Crippen LogP contribution in [0.2, 0.25) is 5.02 Å². The van der Waals surface area contributed by atoms with Crippen molar-refractivity contribution >= 4 is 27.6 Å². The van der Waals surface area contributed by atoms with Crippen molar-refractivity contribution in [3.63, 3.8) is 0 Å². The van der Waals surface area contributed by atoms with Crippen molar-refractivity contribution in [1.29, 1.82) is 0 Å². The first kappa shape index (κ1) is 22.4. The van der Waals surface area contributed by atoms with Crippen LogP contribution in [0.4, 0.5) is 0 Å². The molecule has 1 aromatic heterocycles. The maximum Gasteiger partial charge on any atom is 0.310 e. The molecule has 168 valence electrons. The molecule has 1 aliphatic rings. The number of hydrogen-bond acceptors (Lipinski definition) is 7. The number of hydrogen-bond donors (Lipinski definition) is 0. The van der Waals surface area contributed by atoms with E-state index < -0.39 is 21.9 Å². The molecular formula is C22H22ClN3O5S. The van der Waals surface area contributed by atoms with E-state index in [0.717, 1.165) is 11.1 Å². The molecule has 1 saturated heterocycles. The summed E-state index contributed by atoms with van der Waals surface area (Å²) < 4.78 is 37.6. The summed E-state index contributed by atoms with van der Waals surface area (Å²) in [4.78, 5) is 17.0. The predicted octanol–water partition coefficient (Wildman–Crippen LogP) is 3.84. The summed E-state index contributed by atoms with van der Waals surface area (Å²) in [6, 6.07) is 13.6. The van der Waals surface area contributed by atoms with Crippen molar-refractivity contribution in [1.82, 2.24) is 14.4 Å². The first-order valence-electron chi connectivity index (χ1n) is 10.1. The lowest BCUT2D eigenvalue weighted by Crippen LogP contribution is -2.42. The van der Waals surface area contributed by atoms with Crippen LogP contribution in [0.1, 0.15) is 24.3 Å². The molecule has 0 aliphatic carbocycles. The molecule has 0 amide bonds. The van der Waals surface area contributed by atoms with E-state index in [-0.39, 0.29) is 23.9 Å². The van der Waals surface area contributed by atoms with Crippen molar-refractivity contribution in [3.05, 3.63) is 65.0 Å². The minimum Gasteiger partial charge on any atom is -0.455 e. The van der Waals surface area contributed by atoms with E-state index in [2.05, 4.69) is 10.1 Å². The number of nitrogens with zero attached hydrogens (tertiary/aromatic N) is 3. The number of carbonyl (C=O) groups excluding carboxylic acids is 1. The Balaban J connectivity index is 1.36. The first-order chi connectivity index (χ1) is 15.3. The zero-order chi connectivity index (χ0) is 22.7. The maximum absolute atomic E-state index is 12.9. The summed E-state index contributed by atoms with van der Waals surface area (Å²) in [7, 11) is -3.72. The molecule has 2 aromatic carbocycles. The van der Waals surface area contributed by atoms with E-state index in [1.54, 1.807) is 0 Å². The minimum absolute atomic E-state index is 0.0578. The lowest BCUT2D eigenvalue weighted by molar-refractivity contribution is -0.151. The molecule has 0 saturated carbocycles. The fourth-order valence-electron chi connectivity index (χ4n) is 3.49. The Kier molecular flexibility index (Phi) is 6.59. The van der Waals surface area contributed by atoms with Crippen LogP contribution >= 0.6 is 11.6 Å². The molecule has 0 spiro atoms. The predicted molar refractivity (Wildman–Crippen MR) is 117 cm³/mol. The number of carbonyl (C=O) groups is 1. The molecule has 0 radical (unpaired) electrons. The van der Waals surface area contributed by atoms with Crippen molar-refractivity contribution in [2.24, 2.45) is 5.92 Å². The highest BCUT2D eigenvalue weighted by Crippen LogP contribution is 2.26. The van der Waals surface area contributed by atoms with Gasteiger partial charge in [-0.25, -0.2) is 8.42 Å². The molecule has 32 heavy (non-hydrogen) atoms. The van der Waals surface area contributed by atoms with Gasteiger partial charge in [-0.3, -0.25) is 4.79 Å². The normalized spacial score (nSPS) is 17.2. The Morgan fingerprint density at radius 2 is 1.91 bits per heavy atom. The van der Waals surface area contributed by atoms with E-state index in [1.165, 1.54) is 28.6 Å². The highest BCUT2D eigenvalue weighted by atomic mass is 35.5. The summed E-state index contributed by atoms with van der Waals surface area (Å²) in [5.74, 6) is -0.467. The molecule has 0 N–H and O–H groups in total. The number of benzene rings is 2. The molecule has 4 rings (SSSR count). The van der Waals surface area contributed by atoms with Crippen molar-refractivity contribution in [2.75, 3.05) is 13.1 Å². The highest BCUT2D eigenvalue weighted by Gasteiger charge is 2.34. The summed E-state index contributed by atoms with van der Waals surface area (Å²) >= 11 is 5.85. The van der Waals surface area contributed by atoms with Crippen LogP contribution in [0.15, 0.2) is 57.9 Å². The molecule has 8 nitrogen and oxygen atoms in total. The number of halogens is 1. The number of rotatable bonds is 6. The number of aromatic nitrogens is 2. The molecule has 1 aliphatic heterocycles. The van der Waals surface area contributed by atoms with Crippen LogP contribution < -0.4 is 0 Å². The van der Waals surface area contributed by atoms with Gasteiger partial charge in [0, 0.05) is 23.7 Å². The van der Waals surface area contributed by atoms with E-state index in [4.69, 9.17) is 20.9 Å². The van der Waals surface area contributed by atoms with E-state index >= 15 is 0 Å². The Labute approximate surface area is 191 Å². The van der Waals surface area contributed by atoms with Gasteiger partial charge in [0.2, 0.25) is 15.8 Å². The molecular weight excluding hydrogens is 454 g/mol. The molecule has 1 unspecified atom stereocenters. The van der Waals surface area contributed by atoms with Crippen LogP contribution in [0.3, 0.4) is 0 Å². The van der Waals surface area contributed by atoms with Crippen LogP contribution in [0.25, 0.3) is 11.4 Å². The lowest BCUT2D eigenvalue weighted by Gasteiger charge is -2.30. The van der Waals surface area contributed by atoms with Gasteiger partial charge in [0.15, 0.2) is 6.61 Å². The second-order valence-electron chi connectivity index (χ2n) is 7.64. The Morgan fingerprint density at radius 1 is 1.19 bits per heavy atom. The number of piperidine rings is 1. The minimum atomic E-state index is -3.72. The van der Waals surface area contributed by atoms with Crippen LogP contribution in [0.5, 0.6) is 0 Å². The SMILES string of the molecule is Cc1ccc(-c2noc(COC(=O)C3CCCN(S(=O)(=O)c4ccc(Cl)cc4)C3)n2)cc1. The van der Waals surface area contributed by atoms with Gasteiger partial charge in [-0.2, -0.15) is 9.29 Å². The lowest BCUT2D eigenvalue weighted by atomic mass is 10.0. The van der Waals surface area contributed by atoms with Gasteiger partial charge in [-0.1, -0.05) is 46.6 Å². The zero-order valence-corrected chi connectivity index (χ0v) is 19.0. The van der Waals surface area contributed by atoms with Crippen molar-refractivity contribution in [3.8, 4) is 11.4 Å². The average molecular weight is 476 g/mol. The van der Waals surface area contributed by atoms with E-state index in [1.807, 2.05) is 31.2 Å². The standard InChI is InChI=1S/C22H22ClN3O5S/c1-15-4-6-16(7-5-15)21-24-20(31-25-21)14-30-22(27)17-3-2-12-26(13-17)32(28,29)19-10-8-18(23)9-11-19/h4-11,17H,2-3,12-14H2,1H3. The van der Waals surface area contributed by atoms with Gasteiger partial charge in [-0.05, 0) is 44.0 Å². The molecule has 1 atom stereocenters. The number of ether oxygens (including phenoxy) is 1. The summed E-state index contributed by atoms with van der Waals surface area (Å²) in [5, 5.41) is 4.37. The maximum atomic E-state index is 12.9. The van der Waals surface area contributed by atoms with E-state index in [0.29, 0.717) is 30.2 Å². The monoisotopic (exact) mass is 475 g/mol. The Bertz CT molecular complexity index is 1190. The average Bonchev–Trinajstić information content (AvgIpc) is 3.27. The third kappa shape index (κ3) is 5.01. The third-order valence-electron chi connectivity index (χ3n) is 5.28. The van der Waals surface area contributed by atoms with Gasteiger partial charge in [0.1, 0.15) is 0 Å². The van der Waals surface area contributed by atoms with Crippen LogP contribution in [-0.4, -0.2) is 41.9 Å².